The summed E-state index contributed by atoms with van der Waals surface area (Å²) < 4.78 is 0. The third-order valence-electron chi connectivity index (χ3n) is 4.85. The molecule has 6 heteroatoms. The summed E-state index contributed by atoms with van der Waals surface area (Å²) in [5.41, 5.74) is 8.99. The highest BCUT2D eigenvalue weighted by Gasteiger charge is 2.30. The Morgan fingerprint density at radius 1 is 1.42 bits per heavy atom. The van der Waals surface area contributed by atoms with Crippen LogP contribution in [0.15, 0.2) is 0 Å². The molecule has 1 aromatic heterocycles. The van der Waals surface area contributed by atoms with Crippen LogP contribution in [0.5, 0.6) is 0 Å². The van der Waals surface area contributed by atoms with Gasteiger partial charge in [0, 0.05) is 30.4 Å². The fourth-order valence-electron chi connectivity index (χ4n) is 3.62. The lowest BCUT2D eigenvalue weighted by molar-refractivity contribution is 0.0654. The second kappa shape index (κ2) is 8.67. The Morgan fingerprint density at radius 3 is 2.62 bits per heavy atom. The minimum Gasteiger partial charge on any atom is -0.354 e. The molecule has 1 aliphatic heterocycles. The highest BCUT2D eigenvalue weighted by Crippen LogP contribution is 2.25. The van der Waals surface area contributed by atoms with Gasteiger partial charge < -0.3 is 15.6 Å². The number of piperidine rings is 1. The molecule has 1 aromatic rings. The molecular formula is C18H30ClN3O2. The molecule has 1 saturated heterocycles. The molecule has 0 bridgehead atoms. The number of amides is 1. The van der Waals surface area contributed by atoms with E-state index in [0.717, 1.165) is 43.5 Å². The van der Waals surface area contributed by atoms with Crippen molar-refractivity contribution in [1.82, 2.24) is 9.88 Å². The molecule has 0 aromatic carbocycles. The van der Waals surface area contributed by atoms with E-state index in [2.05, 4.69) is 11.9 Å². The molecule has 0 aliphatic carbocycles. The zero-order valence-corrected chi connectivity index (χ0v) is 16.0. The zero-order valence-electron chi connectivity index (χ0n) is 15.1. The Balaban J connectivity index is 0.00000288. The van der Waals surface area contributed by atoms with Gasteiger partial charge in [-0.1, -0.05) is 13.3 Å². The maximum atomic E-state index is 13.0. The topological polar surface area (TPSA) is 79.2 Å². The molecule has 2 rings (SSSR count). The first-order valence-electron chi connectivity index (χ1n) is 8.64. The van der Waals surface area contributed by atoms with Crippen LogP contribution in [0, 0.1) is 12.8 Å². The van der Waals surface area contributed by atoms with Gasteiger partial charge in [-0.25, -0.2) is 0 Å². The number of nitrogens with zero attached hydrogens (tertiary/aromatic N) is 1. The fourth-order valence-corrected chi connectivity index (χ4v) is 3.62. The Labute approximate surface area is 150 Å². The van der Waals surface area contributed by atoms with Crippen LogP contribution in [0.1, 0.15) is 72.1 Å². The minimum absolute atomic E-state index is 0. The molecule has 2 heterocycles. The van der Waals surface area contributed by atoms with Gasteiger partial charge in [-0.05, 0) is 51.5 Å². The molecule has 5 nitrogen and oxygen atoms in total. The Bertz CT molecular complexity index is 595. The molecule has 136 valence electrons. The van der Waals surface area contributed by atoms with E-state index < -0.39 is 0 Å². The van der Waals surface area contributed by atoms with E-state index in [9.17, 15) is 9.59 Å². The van der Waals surface area contributed by atoms with E-state index in [0.29, 0.717) is 23.7 Å². The molecule has 0 radical (unpaired) electrons. The number of likely N-dealkylation sites (tertiary alicyclic amines) is 1. The third-order valence-corrected chi connectivity index (χ3v) is 4.85. The lowest BCUT2D eigenvalue weighted by Gasteiger charge is -2.34. The summed E-state index contributed by atoms with van der Waals surface area (Å²) in [5.74, 6) is 0.383. The summed E-state index contributed by atoms with van der Waals surface area (Å²) in [6, 6.07) is 0.0962. The molecular weight excluding hydrogens is 326 g/mol. The summed E-state index contributed by atoms with van der Waals surface area (Å²) in [6.07, 6.45) is 3.71. The lowest BCUT2D eigenvalue weighted by atomic mass is 9.91. The number of aromatic nitrogens is 1. The summed E-state index contributed by atoms with van der Waals surface area (Å²) in [6.45, 7) is 8.97. The molecule has 24 heavy (non-hydrogen) atoms. The summed E-state index contributed by atoms with van der Waals surface area (Å²) in [4.78, 5) is 30.0. The molecule has 1 fully saturated rings. The van der Waals surface area contributed by atoms with Gasteiger partial charge in [0.25, 0.3) is 5.91 Å². The lowest BCUT2D eigenvalue weighted by Crippen LogP contribution is -2.45. The second-order valence-corrected chi connectivity index (χ2v) is 6.80. The maximum absolute atomic E-state index is 13.0. The first kappa shape index (κ1) is 20.7. The molecule has 0 saturated carbocycles. The Kier molecular flexibility index (Phi) is 7.49. The molecule has 2 atom stereocenters. The van der Waals surface area contributed by atoms with Crippen molar-refractivity contribution in [1.29, 1.82) is 0 Å². The fraction of sp³-hybridized carbons (Fsp3) is 0.667. The second-order valence-electron chi connectivity index (χ2n) is 6.80. The number of carbonyl (C=O) groups excluding carboxylic acids is 2. The number of Topliss-reactive ketones (excluding diaryl/α,β-unsaturated/α-hetero) is 1. The standard InChI is InChI=1S/C18H29N3O2.ClH/c1-5-7-15-16(13(4)22)12(3)20-17(15)18(23)21-9-6-8-14(10-21)11(2)19;/h11,14,20H,5-10,19H2,1-4H3;1H. The monoisotopic (exact) mass is 355 g/mol. The van der Waals surface area contributed by atoms with Gasteiger partial charge in [-0.3, -0.25) is 9.59 Å². The van der Waals surface area contributed by atoms with Crippen molar-refractivity contribution in [3.05, 3.63) is 22.5 Å². The molecule has 1 amide bonds. The van der Waals surface area contributed by atoms with Crippen LogP contribution in [0.3, 0.4) is 0 Å². The van der Waals surface area contributed by atoms with Gasteiger partial charge in [0.15, 0.2) is 5.78 Å². The molecule has 0 spiro atoms. The largest absolute Gasteiger partial charge is 0.354 e. The number of nitrogens with two attached hydrogens (primary N) is 1. The number of halogens is 1. The van der Waals surface area contributed by atoms with Gasteiger partial charge in [-0.15, -0.1) is 12.4 Å². The highest BCUT2D eigenvalue weighted by molar-refractivity contribution is 6.02. The SMILES string of the molecule is CCCc1c(C(=O)N2CCCC(C(C)N)C2)[nH]c(C)c1C(C)=O.Cl. The Hall–Kier alpha value is -1.33. The number of hydrogen-bond acceptors (Lipinski definition) is 3. The molecule has 3 N–H and O–H groups in total. The van der Waals surface area contributed by atoms with Crippen LogP contribution < -0.4 is 5.73 Å². The number of nitrogens with one attached hydrogen (secondary N) is 1. The minimum atomic E-state index is 0. The smallest absolute Gasteiger partial charge is 0.270 e. The van der Waals surface area contributed by atoms with Gasteiger partial charge >= 0.3 is 0 Å². The molecule has 1 aliphatic rings. The number of hydrogen-bond donors (Lipinski definition) is 2. The van der Waals surface area contributed by atoms with E-state index in [1.807, 2.05) is 18.7 Å². The van der Waals surface area contributed by atoms with Crippen molar-refractivity contribution in [3.63, 3.8) is 0 Å². The van der Waals surface area contributed by atoms with E-state index in [1.54, 1.807) is 6.92 Å². The van der Waals surface area contributed by atoms with Crippen LogP contribution >= 0.6 is 12.4 Å². The first-order chi connectivity index (χ1) is 10.9. The quantitative estimate of drug-likeness (QED) is 0.796. The average Bonchev–Trinajstić information content (AvgIpc) is 2.83. The number of H-pyrrole nitrogens is 1. The number of aromatic amines is 1. The van der Waals surface area contributed by atoms with Crippen molar-refractivity contribution in [2.75, 3.05) is 13.1 Å². The van der Waals surface area contributed by atoms with Gasteiger partial charge in [0.05, 0.1) is 0 Å². The van der Waals surface area contributed by atoms with Crippen LogP contribution in [-0.2, 0) is 6.42 Å². The van der Waals surface area contributed by atoms with Crippen molar-refractivity contribution in [2.24, 2.45) is 11.7 Å². The normalized spacial score (nSPS) is 18.9. The molecule has 2 unspecified atom stereocenters. The van der Waals surface area contributed by atoms with Gasteiger partial charge in [0.2, 0.25) is 0 Å². The zero-order chi connectivity index (χ0) is 17.1. The predicted molar refractivity (Wildman–Crippen MR) is 99.1 cm³/mol. The van der Waals surface area contributed by atoms with Crippen molar-refractivity contribution < 1.29 is 9.59 Å². The maximum Gasteiger partial charge on any atom is 0.270 e. The summed E-state index contributed by atoms with van der Waals surface area (Å²) in [5, 5.41) is 0. The van der Waals surface area contributed by atoms with Crippen LogP contribution in [-0.4, -0.2) is 40.7 Å². The summed E-state index contributed by atoms with van der Waals surface area (Å²) in [7, 11) is 0. The van der Waals surface area contributed by atoms with Gasteiger partial charge in [-0.2, -0.15) is 0 Å². The Morgan fingerprint density at radius 2 is 2.08 bits per heavy atom. The van der Waals surface area contributed by atoms with Crippen molar-refractivity contribution >= 4 is 24.1 Å². The number of aryl methyl sites for hydroxylation is 1. The van der Waals surface area contributed by atoms with E-state index in [4.69, 9.17) is 5.73 Å². The van der Waals surface area contributed by atoms with E-state index in [1.165, 1.54) is 0 Å². The van der Waals surface area contributed by atoms with Crippen LogP contribution in [0.2, 0.25) is 0 Å². The van der Waals surface area contributed by atoms with E-state index in [-0.39, 0.29) is 30.1 Å². The van der Waals surface area contributed by atoms with Gasteiger partial charge in [0.1, 0.15) is 5.69 Å². The highest BCUT2D eigenvalue weighted by atomic mass is 35.5. The predicted octanol–water partition coefficient (Wildman–Crippen LogP) is 3.10. The summed E-state index contributed by atoms with van der Waals surface area (Å²) >= 11 is 0. The van der Waals surface area contributed by atoms with Crippen molar-refractivity contribution in [3.8, 4) is 0 Å². The number of carbonyl (C=O) groups is 2. The van der Waals surface area contributed by atoms with Crippen LogP contribution in [0.25, 0.3) is 0 Å². The number of ketones is 1. The third kappa shape index (κ3) is 4.19. The van der Waals surface area contributed by atoms with Crippen molar-refractivity contribution in [2.45, 2.75) is 59.4 Å². The van der Waals surface area contributed by atoms with Crippen LogP contribution in [0.4, 0.5) is 0 Å². The average molecular weight is 356 g/mol. The number of rotatable bonds is 5. The first-order valence-corrected chi connectivity index (χ1v) is 8.64. The van der Waals surface area contributed by atoms with E-state index >= 15 is 0 Å².